The third kappa shape index (κ3) is 5.77. The molecule has 0 fully saturated rings. The van der Waals surface area contributed by atoms with E-state index in [1.165, 1.54) is 30.0 Å². The number of carbonyl (C=O) groups excluding carboxylic acids is 2. The molecule has 0 radical (unpaired) electrons. The van der Waals surface area contributed by atoms with Crippen molar-refractivity contribution in [1.29, 1.82) is 0 Å². The molecule has 2 rings (SSSR count). The Balaban J connectivity index is 1.80. The molecule has 0 spiro atoms. The van der Waals surface area contributed by atoms with Crippen LogP contribution in [0.1, 0.15) is 6.92 Å². The molecule has 0 atom stereocenters. The van der Waals surface area contributed by atoms with Gasteiger partial charge in [-0.2, -0.15) is 0 Å². The van der Waals surface area contributed by atoms with Crippen LogP contribution in [0.5, 0.6) is 11.5 Å². The minimum Gasteiger partial charge on any atom is -0.497 e. The monoisotopic (exact) mass is 360 g/mol. The number of amides is 2. The van der Waals surface area contributed by atoms with E-state index in [1.807, 2.05) is 0 Å². The zero-order chi connectivity index (χ0) is 18.9. The predicted octanol–water partition coefficient (Wildman–Crippen LogP) is 2.38. The average Bonchev–Trinajstić information content (AvgIpc) is 2.63. The third-order valence-corrected chi connectivity index (χ3v) is 3.55. The van der Waals surface area contributed by atoms with Gasteiger partial charge >= 0.3 is 0 Å². The Morgan fingerprint density at radius 1 is 1.12 bits per heavy atom. The lowest BCUT2D eigenvalue weighted by atomic mass is 10.2. The summed E-state index contributed by atoms with van der Waals surface area (Å²) in [6.07, 6.45) is 0. The largest absolute Gasteiger partial charge is 0.497 e. The maximum Gasteiger partial charge on any atom is 0.240 e. The van der Waals surface area contributed by atoms with Gasteiger partial charge in [0.2, 0.25) is 11.8 Å². The van der Waals surface area contributed by atoms with E-state index in [-0.39, 0.29) is 31.5 Å². The smallest absolute Gasteiger partial charge is 0.240 e. The Morgan fingerprint density at radius 2 is 1.81 bits per heavy atom. The minimum absolute atomic E-state index is 0.193. The van der Waals surface area contributed by atoms with Crippen molar-refractivity contribution in [3.63, 3.8) is 0 Å². The van der Waals surface area contributed by atoms with Gasteiger partial charge < -0.3 is 19.7 Å². The Morgan fingerprint density at radius 3 is 2.42 bits per heavy atom. The van der Waals surface area contributed by atoms with E-state index in [0.717, 1.165) is 5.75 Å². The summed E-state index contributed by atoms with van der Waals surface area (Å²) in [6, 6.07) is 12.6. The first kappa shape index (κ1) is 19.2. The van der Waals surface area contributed by atoms with Crippen LogP contribution < -0.4 is 19.7 Å². The summed E-state index contributed by atoms with van der Waals surface area (Å²) in [5.74, 6) is 0.211. The van der Waals surface area contributed by atoms with Crippen molar-refractivity contribution in [2.24, 2.45) is 0 Å². The predicted molar refractivity (Wildman–Crippen MR) is 95.9 cm³/mol. The molecule has 0 aliphatic rings. The van der Waals surface area contributed by atoms with Crippen molar-refractivity contribution in [3.05, 3.63) is 54.3 Å². The number of nitrogens with one attached hydrogen (secondary N) is 1. The van der Waals surface area contributed by atoms with Gasteiger partial charge in [0, 0.05) is 12.6 Å². The fourth-order valence-electron chi connectivity index (χ4n) is 2.26. The quantitative estimate of drug-likeness (QED) is 0.734. The first-order valence-corrected chi connectivity index (χ1v) is 8.07. The Kier molecular flexibility index (Phi) is 6.96. The number of hydrogen-bond donors (Lipinski definition) is 1. The number of anilines is 1. The number of hydrogen-bond acceptors (Lipinski definition) is 4. The van der Waals surface area contributed by atoms with Gasteiger partial charge in [0.25, 0.3) is 0 Å². The zero-order valence-corrected chi connectivity index (χ0v) is 14.7. The van der Waals surface area contributed by atoms with Gasteiger partial charge in [0.05, 0.1) is 13.7 Å². The van der Waals surface area contributed by atoms with Crippen LogP contribution in [-0.4, -0.2) is 38.6 Å². The van der Waals surface area contributed by atoms with E-state index in [4.69, 9.17) is 9.47 Å². The van der Waals surface area contributed by atoms with Crippen LogP contribution >= 0.6 is 0 Å². The molecule has 7 heteroatoms. The van der Waals surface area contributed by atoms with Gasteiger partial charge in [-0.05, 0) is 42.5 Å². The average molecular weight is 360 g/mol. The highest BCUT2D eigenvalue weighted by atomic mass is 19.1. The first-order valence-electron chi connectivity index (χ1n) is 8.07. The second kappa shape index (κ2) is 9.41. The van der Waals surface area contributed by atoms with Crippen molar-refractivity contribution in [3.8, 4) is 11.5 Å². The summed E-state index contributed by atoms with van der Waals surface area (Å²) in [5.41, 5.74) is 0.335. The molecule has 0 aliphatic carbocycles. The summed E-state index contributed by atoms with van der Waals surface area (Å²) < 4.78 is 23.9. The normalized spacial score (nSPS) is 10.1. The molecule has 0 unspecified atom stereocenters. The highest BCUT2D eigenvalue weighted by Crippen LogP contribution is 2.17. The van der Waals surface area contributed by atoms with Crippen LogP contribution in [0.4, 0.5) is 10.1 Å². The first-order chi connectivity index (χ1) is 12.5. The van der Waals surface area contributed by atoms with Crippen LogP contribution in [0.25, 0.3) is 0 Å². The van der Waals surface area contributed by atoms with Crippen molar-refractivity contribution < 1.29 is 23.5 Å². The Bertz CT molecular complexity index is 749. The molecule has 2 aromatic carbocycles. The van der Waals surface area contributed by atoms with Crippen LogP contribution in [0.2, 0.25) is 0 Å². The molecule has 6 nitrogen and oxygen atoms in total. The SMILES string of the molecule is COc1ccc(OCCNC(=O)CN(C(C)=O)c2cccc(F)c2)cc1. The number of ether oxygens (including phenoxy) is 2. The number of halogens is 1. The number of benzene rings is 2. The summed E-state index contributed by atoms with van der Waals surface area (Å²) in [5, 5.41) is 2.67. The van der Waals surface area contributed by atoms with Crippen molar-refractivity contribution in [2.45, 2.75) is 6.92 Å². The molecular formula is C19H21FN2O4. The fraction of sp³-hybridized carbons (Fsp3) is 0.263. The molecule has 0 aliphatic heterocycles. The summed E-state index contributed by atoms with van der Waals surface area (Å²) in [7, 11) is 1.58. The molecule has 138 valence electrons. The van der Waals surface area contributed by atoms with Crippen molar-refractivity contribution in [1.82, 2.24) is 5.32 Å². The van der Waals surface area contributed by atoms with Crippen LogP contribution in [0, 0.1) is 5.82 Å². The molecule has 1 N–H and O–H groups in total. The van der Waals surface area contributed by atoms with E-state index < -0.39 is 5.82 Å². The molecule has 0 bridgehead atoms. The van der Waals surface area contributed by atoms with E-state index >= 15 is 0 Å². The molecule has 2 aromatic rings. The van der Waals surface area contributed by atoms with E-state index in [1.54, 1.807) is 37.4 Å². The van der Waals surface area contributed by atoms with Gasteiger partial charge in [-0.25, -0.2) is 4.39 Å². The summed E-state index contributed by atoms with van der Waals surface area (Å²) in [6.45, 7) is 1.68. The van der Waals surface area contributed by atoms with Gasteiger partial charge in [-0.3, -0.25) is 9.59 Å². The summed E-state index contributed by atoms with van der Waals surface area (Å²) in [4.78, 5) is 25.0. The van der Waals surface area contributed by atoms with E-state index in [0.29, 0.717) is 11.4 Å². The highest BCUT2D eigenvalue weighted by molar-refractivity contribution is 5.97. The van der Waals surface area contributed by atoms with Crippen molar-refractivity contribution >= 4 is 17.5 Å². The minimum atomic E-state index is -0.470. The number of methoxy groups -OCH3 is 1. The lowest BCUT2D eigenvalue weighted by Gasteiger charge is -2.20. The number of nitrogens with zero attached hydrogens (tertiary/aromatic N) is 1. The highest BCUT2D eigenvalue weighted by Gasteiger charge is 2.16. The van der Waals surface area contributed by atoms with Crippen LogP contribution in [-0.2, 0) is 9.59 Å². The Labute approximate surface area is 151 Å². The van der Waals surface area contributed by atoms with E-state index in [9.17, 15) is 14.0 Å². The summed E-state index contributed by atoms with van der Waals surface area (Å²) >= 11 is 0. The van der Waals surface area contributed by atoms with Gasteiger partial charge in [-0.1, -0.05) is 6.07 Å². The fourth-order valence-corrected chi connectivity index (χ4v) is 2.26. The third-order valence-electron chi connectivity index (χ3n) is 3.55. The van der Waals surface area contributed by atoms with Crippen LogP contribution in [0.15, 0.2) is 48.5 Å². The van der Waals surface area contributed by atoms with Gasteiger partial charge in [-0.15, -0.1) is 0 Å². The van der Waals surface area contributed by atoms with Crippen molar-refractivity contribution in [2.75, 3.05) is 31.7 Å². The molecule has 26 heavy (non-hydrogen) atoms. The second-order valence-electron chi connectivity index (χ2n) is 5.46. The zero-order valence-electron chi connectivity index (χ0n) is 14.7. The number of rotatable bonds is 8. The molecule has 0 saturated heterocycles. The standard InChI is InChI=1S/C19H21FN2O4/c1-14(23)22(16-5-3-4-15(20)12-16)13-19(24)21-10-11-26-18-8-6-17(25-2)7-9-18/h3-9,12H,10-11,13H2,1-2H3,(H,21,24). The molecule has 0 heterocycles. The van der Waals surface area contributed by atoms with Gasteiger partial charge in [0.15, 0.2) is 0 Å². The van der Waals surface area contributed by atoms with Crippen LogP contribution in [0.3, 0.4) is 0 Å². The molecular weight excluding hydrogens is 339 g/mol. The topological polar surface area (TPSA) is 67.9 Å². The molecule has 2 amide bonds. The lowest BCUT2D eigenvalue weighted by Crippen LogP contribution is -2.41. The number of carbonyl (C=O) groups is 2. The second-order valence-corrected chi connectivity index (χ2v) is 5.46. The maximum absolute atomic E-state index is 13.3. The van der Waals surface area contributed by atoms with Gasteiger partial charge in [0.1, 0.15) is 30.5 Å². The van der Waals surface area contributed by atoms with E-state index in [2.05, 4.69) is 5.32 Å². The molecule has 0 aromatic heterocycles. The lowest BCUT2D eigenvalue weighted by molar-refractivity contribution is -0.123. The molecule has 0 saturated carbocycles. The maximum atomic E-state index is 13.3. The Hall–Kier alpha value is -3.09.